The van der Waals surface area contributed by atoms with Gasteiger partial charge in [-0.3, -0.25) is 0 Å². The van der Waals surface area contributed by atoms with Crippen LogP contribution in [0, 0.1) is 0 Å². The Balaban J connectivity index is 5.99. The van der Waals surface area contributed by atoms with E-state index in [1.165, 1.54) is 0 Å². The Labute approximate surface area is 262 Å². The first-order valence-corrected chi connectivity index (χ1v) is 38.4. The van der Waals surface area contributed by atoms with Gasteiger partial charge in [0.05, 0.1) is 13.2 Å². The van der Waals surface area contributed by atoms with E-state index >= 15 is 0 Å². The van der Waals surface area contributed by atoms with E-state index < -0.39 is 74.3 Å². The molecular formula is C24H66O9Si8. The standard InChI is InChI=1S/C24H66O9Si8/c1-34(28-39(13,14)31-36(5,6)7)29-40(15,21-20-38(11,12)30-35(2,3)4)33-41(16,32-37(8,9)10)19-17-18-27-23-24(26)22-25/h24-26,34H,17-23H2,1-16H3. The minimum Gasteiger partial charge on any atom is -0.456 e. The van der Waals surface area contributed by atoms with Crippen LogP contribution in [0.5, 0.6) is 0 Å². The van der Waals surface area contributed by atoms with Crippen LogP contribution in [0.4, 0.5) is 0 Å². The van der Waals surface area contributed by atoms with Gasteiger partial charge in [-0.1, -0.05) is 0 Å². The topological polar surface area (TPSA) is 105 Å². The van der Waals surface area contributed by atoms with Gasteiger partial charge in [0.15, 0.2) is 33.3 Å². The Morgan fingerprint density at radius 3 is 1.59 bits per heavy atom. The van der Waals surface area contributed by atoms with Gasteiger partial charge < -0.3 is 39.6 Å². The molecule has 248 valence electrons. The van der Waals surface area contributed by atoms with Crippen LogP contribution in [-0.4, -0.2) is 104 Å². The second kappa shape index (κ2) is 16.8. The van der Waals surface area contributed by atoms with Crippen LogP contribution in [0.15, 0.2) is 0 Å². The van der Waals surface area contributed by atoms with Gasteiger partial charge in [0.25, 0.3) is 0 Å². The van der Waals surface area contributed by atoms with Crippen LogP contribution in [-0.2, 0) is 29.4 Å². The van der Waals surface area contributed by atoms with Crippen molar-refractivity contribution >= 4 is 68.2 Å². The zero-order valence-corrected chi connectivity index (χ0v) is 37.5. The number of hydrogen-bond acceptors (Lipinski definition) is 9. The van der Waals surface area contributed by atoms with Crippen molar-refractivity contribution in [1.82, 2.24) is 0 Å². The maximum Gasteiger partial charge on any atom is 0.316 e. The predicted octanol–water partition coefficient (Wildman–Crippen LogP) is 6.25. The van der Waals surface area contributed by atoms with Crippen molar-refractivity contribution in [3.63, 3.8) is 0 Å². The van der Waals surface area contributed by atoms with Crippen LogP contribution in [0.25, 0.3) is 0 Å². The van der Waals surface area contributed by atoms with Crippen molar-refractivity contribution in [3.05, 3.63) is 0 Å². The lowest BCUT2D eigenvalue weighted by molar-refractivity contribution is 0.00623. The molecule has 0 fully saturated rings. The van der Waals surface area contributed by atoms with Crippen molar-refractivity contribution in [2.45, 2.75) is 135 Å². The Morgan fingerprint density at radius 2 is 1.12 bits per heavy atom. The van der Waals surface area contributed by atoms with Crippen molar-refractivity contribution in [2.75, 3.05) is 19.8 Å². The number of hydrogen-bond donors (Lipinski definition) is 2. The third-order valence-corrected chi connectivity index (χ3v) is 33.6. The molecule has 41 heavy (non-hydrogen) atoms. The van der Waals surface area contributed by atoms with Crippen LogP contribution in [0.2, 0.25) is 123 Å². The third kappa shape index (κ3) is 22.5. The van der Waals surface area contributed by atoms with Gasteiger partial charge in [0, 0.05) is 6.61 Å². The molecule has 0 aliphatic heterocycles. The van der Waals surface area contributed by atoms with Crippen molar-refractivity contribution < 1.29 is 39.6 Å². The molecule has 9 nitrogen and oxygen atoms in total. The lowest BCUT2D eigenvalue weighted by atomic mass is 10.4. The molecule has 4 unspecified atom stereocenters. The zero-order valence-electron chi connectivity index (χ0n) is 29.4. The van der Waals surface area contributed by atoms with E-state index in [4.69, 9.17) is 34.5 Å². The lowest BCUT2D eigenvalue weighted by Crippen LogP contribution is -2.58. The fraction of sp³-hybridized carbons (Fsp3) is 1.00. The summed E-state index contributed by atoms with van der Waals surface area (Å²) in [6.07, 6.45) is -0.102. The van der Waals surface area contributed by atoms with Gasteiger partial charge in [-0.15, -0.1) is 0 Å². The molecule has 0 heterocycles. The molecule has 0 aromatic heterocycles. The van der Waals surface area contributed by atoms with E-state index in [0.29, 0.717) is 6.61 Å². The largest absolute Gasteiger partial charge is 0.456 e. The minimum atomic E-state index is -2.75. The molecule has 0 aromatic rings. The lowest BCUT2D eigenvalue weighted by Gasteiger charge is -2.43. The van der Waals surface area contributed by atoms with Gasteiger partial charge in [0.2, 0.25) is 0 Å². The van der Waals surface area contributed by atoms with E-state index in [-0.39, 0.29) is 13.2 Å². The third-order valence-electron chi connectivity index (χ3n) is 5.58. The second-order valence-corrected chi connectivity index (χ2v) is 46.8. The first-order chi connectivity index (χ1) is 18.1. The van der Waals surface area contributed by atoms with Crippen LogP contribution < -0.4 is 0 Å². The fourth-order valence-electron chi connectivity index (χ4n) is 5.07. The van der Waals surface area contributed by atoms with Gasteiger partial charge in [-0.2, -0.15) is 0 Å². The molecule has 0 saturated carbocycles. The summed E-state index contributed by atoms with van der Waals surface area (Å²) in [6.45, 7) is 35.6. The van der Waals surface area contributed by atoms with Crippen LogP contribution in [0.1, 0.15) is 6.42 Å². The molecule has 0 aliphatic rings. The Bertz CT molecular complexity index is 759. The highest BCUT2D eigenvalue weighted by atomic mass is 28.5. The van der Waals surface area contributed by atoms with Crippen molar-refractivity contribution in [2.24, 2.45) is 0 Å². The molecule has 0 aromatic carbocycles. The number of rotatable bonds is 22. The fourth-order valence-corrected chi connectivity index (χ4v) is 42.0. The quantitative estimate of drug-likeness (QED) is 0.0991. The first-order valence-electron chi connectivity index (χ1n) is 15.1. The van der Waals surface area contributed by atoms with Gasteiger partial charge in [-0.05, 0) is 129 Å². The van der Waals surface area contributed by atoms with Gasteiger partial charge in [-0.25, -0.2) is 0 Å². The summed E-state index contributed by atoms with van der Waals surface area (Å²) in [4.78, 5) is 0. The monoisotopic (exact) mass is 722 g/mol. The maximum absolute atomic E-state index is 9.61. The summed E-state index contributed by atoms with van der Waals surface area (Å²) in [5.74, 6) is 0. The number of ether oxygens (including phenoxy) is 1. The predicted molar refractivity (Wildman–Crippen MR) is 191 cm³/mol. The highest BCUT2D eigenvalue weighted by Crippen LogP contribution is 2.32. The zero-order chi connectivity index (χ0) is 32.6. The first kappa shape index (κ1) is 42.4. The molecule has 0 rings (SSSR count). The molecule has 0 bridgehead atoms. The molecule has 0 saturated heterocycles. The average molecular weight is 723 g/mol. The number of aliphatic hydroxyl groups excluding tert-OH is 2. The number of aliphatic hydroxyl groups is 2. The van der Waals surface area contributed by atoms with Crippen molar-refractivity contribution in [3.8, 4) is 0 Å². The Hall–Kier alpha value is 1.38. The summed E-state index contributed by atoms with van der Waals surface area (Å²) >= 11 is 0. The molecule has 0 radical (unpaired) electrons. The summed E-state index contributed by atoms with van der Waals surface area (Å²) < 4.78 is 46.4. The molecule has 0 spiro atoms. The summed E-state index contributed by atoms with van der Waals surface area (Å²) in [5, 5.41) is 18.7. The Morgan fingerprint density at radius 1 is 0.610 bits per heavy atom. The molecular weight excluding hydrogens is 657 g/mol. The second-order valence-electron chi connectivity index (χ2n) is 15.5. The molecule has 2 N–H and O–H groups in total. The molecule has 0 aliphatic carbocycles. The Kier molecular flexibility index (Phi) is 17.4. The summed E-state index contributed by atoms with van der Waals surface area (Å²) in [7, 11) is -17.1. The smallest absolute Gasteiger partial charge is 0.316 e. The highest BCUT2D eigenvalue weighted by molar-refractivity contribution is 6.90. The average Bonchev–Trinajstić information content (AvgIpc) is 2.66. The molecule has 0 amide bonds. The van der Waals surface area contributed by atoms with E-state index in [1.54, 1.807) is 0 Å². The van der Waals surface area contributed by atoms with Gasteiger partial charge >= 0.3 is 35.0 Å². The van der Waals surface area contributed by atoms with Crippen LogP contribution >= 0.6 is 0 Å². The minimum absolute atomic E-state index is 0.122. The van der Waals surface area contributed by atoms with E-state index in [0.717, 1.165) is 24.6 Å². The molecule has 17 heteroatoms. The van der Waals surface area contributed by atoms with Crippen molar-refractivity contribution in [1.29, 1.82) is 0 Å². The van der Waals surface area contributed by atoms with E-state index in [2.05, 4.69) is 105 Å². The maximum atomic E-state index is 9.61. The van der Waals surface area contributed by atoms with Crippen LogP contribution in [0.3, 0.4) is 0 Å². The normalized spacial score (nSPS) is 18.6. The molecule has 4 atom stereocenters. The summed E-state index contributed by atoms with van der Waals surface area (Å²) in [6, 6.07) is 2.57. The van der Waals surface area contributed by atoms with Gasteiger partial charge in [0.1, 0.15) is 6.10 Å². The highest BCUT2D eigenvalue weighted by Gasteiger charge is 2.48. The summed E-state index contributed by atoms with van der Waals surface area (Å²) in [5.41, 5.74) is 0. The SMILES string of the molecule is C[SiH](O[Si](C)(C)O[Si](C)(C)C)O[Si](C)(CC[Si](C)(C)O[Si](C)(C)C)O[Si](C)(CCCOCC(O)CO)O[Si](C)(C)C. The van der Waals surface area contributed by atoms with E-state index in [9.17, 15) is 5.11 Å². The van der Waals surface area contributed by atoms with E-state index in [1.807, 2.05) is 0 Å².